The highest BCUT2D eigenvalue weighted by Gasteiger charge is 2.12. The van der Waals surface area contributed by atoms with E-state index in [0.717, 1.165) is 11.1 Å². The molecule has 0 aliphatic rings. The van der Waals surface area contributed by atoms with Crippen LogP contribution in [0.5, 0.6) is 11.5 Å². The topological polar surface area (TPSA) is 211 Å². The van der Waals surface area contributed by atoms with Crippen molar-refractivity contribution in [3.05, 3.63) is 124 Å². The Balaban J connectivity index is 0.000000342. The maximum Gasteiger partial charge on any atom is 0.257 e. The minimum absolute atomic E-state index is 0. The fourth-order valence-electron chi connectivity index (χ4n) is 4.20. The van der Waals surface area contributed by atoms with E-state index < -0.39 is 0 Å². The van der Waals surface area contributed by atoms with Crippen molar-refractivity contribution in [1.82, 2.24) is 21.3 Å². The molecule has 13 nitrogen and oxygen atoms in total. The van der Waals surface area contributed by atoms with E-state index in [1.807, 2.05) is 43.3 Å². The number of nitrogens with one attached hydrogen (secondary N) is 5. The lowest BCUT2D eigenvalue weighted by atomic mass is 10.1. The number of ether oxygens (including phenoxy) is 2. The van der Waals surface area contributed by atoms with Crippen LogP contribution in [0.2, 0.25) is 0 Å². The number of carbonyl (C=O) groups is 4. The van der Waals surface area contributed by atoms with E-state index in [1.54, 1.807) is 61.6 Å². The van der Waals surface area contributed by atoms with Gasteiger partial charge in [0.2, 0.25) is 0 Å². The third-order valence-corrected chi connectivity index (χ3v) is 6.94. The van der Waals surface area contributed by atoms with Crippen molar-refractivity contribution < 1.29 is 28.7 Å². The van der Waals surface area contributed by atoms with Crippen molar-refractivity contribution >= 4 is 47.6 Å². The Morgan fingerprint density at radius 3 is 1.72 bits per heavy atom. The third kappa shape index (κ3) is 12.8. The summed E-state index contributed by atoms with van der Waals surface area (Å²) in [5.74, 6) is -0.0892. The van der Waals surface area contributed by atoms with Crippen LogP contribution < -0.4 is 42.2 Å². The van der Waals surface area contributed by atoms with Crippen molar-refractivity contribution in [2.75, 3.05) is 33.0 Å². The SMILES string of the molecule is CNC(=O)COc1cc(C(=N)N)ccc1CNC(=O)c1cccc(N)c1.CNC(=O)COc1cc(C)ccc1CNC(=O)c1ccccc1.Cl. The minimum Gasteiger partial charge on any atom is -0.483 e. The van der Waals surface area contributed by atoms with Crippen LogP contribution >= 0.6 is 12.4 Å². The van der Waals surface area contributed by atoms with Crippen molar-refractivity contribution in [3.63, 3.8) is 0 Å². The molecule has 4 aromatic carbocycles. The molecule has 9 N–H and O–H groups in total. The smallest absolute Gasteiger partial charge is 0.257 e. The first-order chi connectivity index (χ1) is 23.5. The number of nitrogen functional groups attached to an aromatic ring is 2. The second-order valence-corrected chi connectivity index (χ2v) is 10.6. The number of anilines is 1. The number of carbonyl (C=O) groups excluding carboxylic acids is 4. The van der Waals surface area contributed by atoms with Gasteiger partial charge in [-0.25, -0.2) is 0 Å². The summed E-state index contributed by atoms with van der Waals surface area (Å²) in [5, 5.41) is 18.1. The number of hydrogen-bond acceptors (Lipinski definition) is 8. The summed E-state index contributed by atoms with van der Waals surface area (Å²) in [7, 11) is 3.06. The van der Waals surface area contributed by atoms with Crippen LogP contribution in [0.1, 0.15) is 43.0 Å². The number of aryl methyl sites for hydroxylation is 1. The van der Waals surface area contributed by atoms with Crippen molar-refractivity contribution in [1.29, 1.82) is 5.41 Å². The maximum atomic E-state index is 12.2. The van der Waals surface area contributed by atoms with Gasteiger partial charge < -0.3 is 42.2 Å². The first-order valence-corrected chi connectivity index (χ1v) is 15.2. The van der Waals surface area contributed by atoms with E-state index >= 15 is 0 Å². The fraction of sp³-hybridized carbons (Fsp3) is 0.194. The predicted octanol–water partition coefficient (Wildman–Crippen LogP) is 3.08. The molecule has 14 heteroatoms. The van der Waals surface area contributed by atoms with E-state index in [0.29, 0.717) is 46.0 Å². The van der Waals surface area contributed by atoms with Crippen molar-refractivity contribution in [3.8, 4) is 11.5 Å². The van der Waals surface area contributed by atoms with Gasteiger partial charge in [-0.15, -0.1) is 12.4 Å². The Labute approximate surface area is 297 Å². The summed E-state index contributed by atoms with van der Waals surface area (Å²) < 4.78 is 11.0. The lowest BCUT2D eigenvalue weighted by Gasteiger charge is -2.13. The largest absolute Gasteiger partial charge is 0.483 e. The zero-order valence-corrected chi connectivity index (χ0v) is 28.8. The highest BCUT2D eigenvalue weighted by molar-refractivity contribution is 5.96. The minimum atomic E-state index is -0.298. The Morgan fingerprint density at radius 1 is 0.660 bits per heavy atom. The van der Waals surface area contributed by atoms with Crippen LogP contribution in [0.4, 0.5) is 5.69 Å². The lowest BCUT2D eigenvalue weighted by molar-refractivity contribution is -0.123. The van der Waals surface area contributed by atoms with Gasteiger partial charge in [0.05, 0.1) is 0 Å². The number of amidine groups is 1. The summed E-state index contributed by atoms with van der Waals surface area (Å²) in [6, 6.07) is 26.2. The number of amides is 4. The number of hydrogen-bond donors (Lipinski definition) is 7. The Hall–Kier alpha value is -6.08. The molecule has 0 bridgehead atoms. The first-order valence-electron chi connectivity index (χ1n) is 15.2. The summed E-state index contributed by atoms with van der Waals surface area (Å²) in [5.41, 5.74) is 15.7. The molecule has 0 radical (unpaired) electrons. The molecule has 0 fully saturated rings. The molecule has 0 aromatic heterocycles. The number of rotatable bonds is 13. The molecule has 4 amide bonds. The second-order valence-electron chi connectivity index (χ2n) is 10.6. The van der Waals surface area contributed by atoms with Gasteiger partial charge in [-0.1, -0.05) is 48.5 Å². The Bertz CT molecular complexity index is 1790. The van der Waals surface area contributed by atoms with E-state index in [2.05, 4.69) is 21.3 Å². The quantitative estimate of drug-likeness (QED) is 0.0623. The van der Waals surface area contributed by atoms with Gasteiger partial charge >= 0.3 is 0 Å². The van der Waals surface area contributed by atoms with Crippen LogP contribution in [0.25, 0.3) is 0 Å². The van der Waals surface area contributed by atoms with Crippen LogP contribution in [0.3, 0.4) is 0 Å². The van der Waals surface area contributed by atoms with E-state index in [9.17, 15) is 19.2 Å². The lowest BCUT2D eigenvalue weighted by Crippen LogP contribution is -2.26. The fourth-order valence-corrected chi connectivity index (χ4v) is 4.20. The number of halogens is 1. The second kappa shape index (κ2) is 20.3. The molecule has 0 atom stereocenters. The molecule has 0 saturated heterocycles. The van der Waals surface area contributed by atoms with Gasteiger partial charge in [0, 0.05) is 60.7 Å². The molecular weight excluding hydrogens is 662 g/mol. The predicted molar refractivity (Wildman–Crippen MR) is 195 cm³/mol. The molecule has 4 rings (SSSR count). The number of nitrogens with two attached hydrogens (primary N) is 2. The van der Waals surface area contributed by atoms with Crippen LogP contribution in [-0.2, 0) is 22.7 Å². The summed E-state index contributed by atoms with van der Waals surface area (Å²) in [6.07, 6.45) is 0. The van der Waals surface area contributed by atoms with Gasteiger partial charge in [-0.05, 0) is 55.0 Å². The first kappa shape index (κ1) is 40.1. The number of benzene rings is 4. The van der Waals surface area contributed by atoms with Crippen molar-refractivity contribution in [2.24, 2.45) is 5.73 Å². The number of likely N-dealkylation sites (N-methyl/N-ethyl adjacent to an activating group) is 2. The molecule has 50 heavy (non-hydrogen) atoms. The summed E-state index contributed by atoms with van der Waals surface area (Å²) in [6.45, 7) is 2.21. The molecule has 0 saturated carbocycles. The van der Waals surface area contributed by atoms with E-state index in [1.165, 1.54) is 7.05 Å². The molecule has 0 spiro atoms. The molecular formula is C36H42ClN7O6. The maximum absolute atomic E-state index is 12.2. The van der Waals surface area contributed by atoms with E-state index in [4.69, 9.17) is 26.4 Å². The van der Waals surface area contributed by atoms with E-state index in [-0.39, 0.29) is 61.6 Å². The van der Waals surface area contributed by atoms with Crippen LogP contribution in [0, 0.1) is 12.3 Å². The average molecular weight is 704 g/mol. The Morgan fingerprint density at radius 2 is 1.18 bits per heavy atom. The normalized spacial score (nSPS) is 9.82. The van der Waals surface area contributed by atoms with Gasteiger partial charge in [-0.3, -0.25) is 24.6 Å². The van der Waals surface area contributed by atoms with Crippen molar-refractivity contribution in [2.45, 2.75) is 20.0 Å². The van der Waals surface area contributed by atoms with Gasteiger partial charge in [0.25, 0.3) is 23.6 Å². The monoisotopic (exact) mass is 703 g/mol. The Kier molecular flexibility index (Phi) is 16.3. The molecule has 0 unspecified atom stereocenters. The average Bonchev–Trinajstić information content (AvgIpc) is 3.11. The summed E-state index contributed by atoms with van der Waals surface area (Å²) in [4.78, 5) is 47.1. The standard InChI is InChI=1S/C18H21N5O3.C18H20N2O3.ClH/c1-22-16(24)10-26-15-8-11(17(20)21)5-6-13(15)9-23-18(25)12-3-2-4-14(19)7-12;1-13-8-9-15(16(10-13)23-12-17(21)19-2)11-20-18(22)14-6-4-3-5-7-14;/h2-8H,9-10,19H2,1H3,(H3,20,21)(H,22,24)(H,23,25);3-10H,11-12H2,1-2H3,(H,19,21)(H,20,22);1H. The van der Waals surface area contributed by atoms with Crippen LogP contribution in [-0.4, -0.2) is 56.8 Å². The van der Waals surface area contributed by atoms with Crippen LogP contribution in [0.15, 0.2) is 91.0 Å². The zero-order chi connectivity index (χ0) is 35.8. The van der Waals surface area contributed by atoms with Gasteiger partial charge in [0.15, 0.2) is 13.2 Å². The third-order valence-electron chi connectivity index (χ3n) is 6.94. The molecule has 0 heterocycles. The molecule has 0 aliphatic carbocycles. The molecule has 0 aliphatic heterocycles. The highest BCUT2D eigenvalue weighted by Crippen LogP contribution is 2.22. The van der Waals surface area contributed by atoms with Gasteiger partial charge in [-0.2, -0.15) is 0 Å². The highest BCUT2D eigenvalue weighted by atomic mass is 35.5. The molecule has 4 aromatic rings. The molecule has 264 valence electrons. The summed E-state index contributed by atoms with van der Waals surface area (Å²) >= 11 is 0. The zero-order valence-electron chi connectivity index (χ0n) is 28.0. The van der Waals surface area contributed by atoms with Gasteiger partial charge in [0.1, 0.15) is 17.3 Å².